The summed E-state index contributed by atoms with van der Waals surface area (Å²) in [7, 11) is 0. The lowest BCUT2D eigenvalue weighted by Gasteiger charge is -2.33. The molecule has 1 saturated heterocycles. The molecule has 2 aromatic rings. The van der Waals surface area contributed by atoms with Gasteiger partial charge in [-0.05, 0) is 43.7 Å². The average Bonchev–Trinajstić information content (AvgIpc) is 3.09. The van der Waals surface area contributed by atoms with Gasteiger partial charge in [0.25, 0.3) is 5.91 Å². The summed E-state index contributed by atoms with van der Waals surface area (Å²) >= 11 is 13.6. The van der Waals surface area contributed by atoms with E-state index in [1.54, 1.807) is 42.5 Å². The standard InChI is InChI=1S/C24H25Cl2N3O5S/c1-13(30)29-19(12-35-24(29,2)3)21(31)28-18(23(33)34)11-14-7-9-15(10-8-14)27-22(32)20-16(25)5-4-6-17(20)26/h4-10,18-19H,11-12H2,1-3H3,(H,27,32)(H,28,31)(H,33,34)/t18-,19+/m0/s1. The maximum Gasteiger partial charge on any atom is 0.326 e. The Bertz CT molecular complexity index is 1140. The fourth-order valence-electron chi connectivity index (χ4n) is 3.93. The van der Waals surface area contributed by atoms with Crippen molar-refractivity contribution in [1.82, 2.24) is 10.2 Å². The predicted octanol–water partition coefficient (Wildman–Crippen LogP) is 4.06. The second kappa shape index (κ2) is 10.9. The van der Waals surface area contributed by atoms with E-state index in [-0.39, 0.29) is 27.9 Å². The third-order valence-electron chi connectivity index (χ3n) is 5.58. The Balaban J connectivity index is 1.67. The number of halogens is 2. The van der Waals surface area contributed by atoms with Gasteiger partial charge in [-0.2, -0.15) is 0 Å². The summed E-state index contributed by atoms with van der Waals surface area (Å²) < 4.78 is 0. The summed E-state index contributed by atoms with van der Waals surface area (Å²) in [6.07, 6.45) is 0.0228. The molecule has 35 heavy (non-hydrogen) atoms. The second-order valence-electron chi connectivity index (χ2n) is 8.51. The van der Waals surface area contributed by atoms with E-state index in [2.05, 4.69) is 10.6 Å². The first-order chi connectivity index (χ1) is 16.4. The Morgan fingerprint density at radius 1 is 1.11 bits per heavy atom. The topological polar surface area (TPSA) is 116 Å². The number of nitrogens with zero attached hydrogens (tertiary/aromatic N) is 1. The minimum atomic E-state index is -1.19. The van der Waals surface area contributed by atoms with Crippen LogP contribution in [0.3, 0.4) is 0 Å². The van der Waals surface area contributed by atoms with Crippen LogP contribution in [-0.2, 0) is 20.8 Å². The van der Waals surface area contributed by atoms with Crippen molar-refractivity contribution in [1.29, 1.82) is 0 Å². The van der Waals surface area contributed by atoms with E-state index < -0.39 is 34.7 Å². The number of rotatable bonds is 7. The Kier molecular flexibility index (Phi) is 8.35. The van der Waals surface area contributed by atoms with Crippen molar-refractivity contribution in [2.75, 3.05) is 11.1 Å². The number of aliphatic carboxylic acids is 1. The number of amides is 3. The molecule has 2 atom stereocenters. The normalized spacial score (nSPS) is 17.5. The Hall–Kier alpha value is -2.75. The first-order valence-corrected chi connectivity index (χ1v) is 12.5. The largest absolute Gasteiger partial charge is 0.480 e. The first kappa shape index (κ1) is 26.8. The van der Waals surface area contributed by atoms with Gasteiger partial charge in [-0.1, -0.05) is 41.4 Å². The number of anilines is 1. The maximum absolute atomic E-state index is 12.9. The number of hydrogen-bond donors (Lipinski definition) is 3. The molecule has 2 aromatic carbocycles. The molecular weight excluding hydrogens is 513 g/mol. The molecule has 8 nitrogen and oxygen atoms in total. The summed E-state index contributed by atoms with van der Waals surface area (Å²) in [5.41, 5.74) is 1.26. The highest BCUT2D eigenvalue weighted by atomic mass is 35.5. The highest BCUT2D eigenvalue weighted by molar-refractivity contribution is 8.00. The zero-order chi connectivity index (χ0) is 25.9. The molecule has 3 amide bonds. The molecule has 0 radical (unpaired) electrons. The number of carboxylic acids is 1. The van der Waals surface area contributed by atoms with Crippen LogP contribution in [-0.4, -0.2) is 56.4 Å². The molecule has 0 bridgehead atoms. The zero-order valence-electron chi connectivity index (χ0n) is 19.3. The fraction of sp³-hybridized carbons (Fsp3) is 0.333. The summed E-state index contributed by atoms with van der Waals surface area (Å²) in [5, 5.41) is 15.4. The quantitative estimate of drug-likeness (QED) is 0.490. The molecule has 0 unspecified atom stereocenters. The van der Waals surface area contributed by atoms with Crippen molar-refractivity contribution in [3.05, 3.63) is 63.6 Å². The fourth-order valence-corrected chi connectivity index (χ4v) is 5.76. The van der Waals surface area contributed by atoms with Gasteiger partial charge in [-0.25, -0.2) is 4.79 Å². The van der Waals surface area contributed by atoms with Crippen LogP contribution in [0.5, 0.6) is 0 Å². The van der Waals surface area contributed by atoms with E-state index in [1.807, 2.05) is 13.8 Å². The Morgan fingerprint density at radius 3 is 2.26 bits per heavy atom. The average molecular weight is 538 g/mol. The third-order valence-corrected chi connectivity index (χ3v) is 7.60. The van der Waals surface area contributed by atoms with Gasteiger partial charge in [0.15, 0.2) is 0 Å². The molecule has 1 aliphatic rings. The number of carboxylic acid groups (broad SMARTS) is 1. The van der Waals surface area contributed by atoms with Crippen LogP contribution in [0.25, 0.3) is 0 Å². The molecule has 1 fully saturated rings. The summed E-state index contributed by atoms with van der Waals surface area (Å²) in [6.45, 7) is 5.09. The second-order valence-corrected chi connectivity index (χ2v) is 10.9. The van der Waals surface area contributed by atoms with Crippen molar-refractivity contribution < 1.29 is 24.3 Å². The van der Waals surface area contributed by atoms with Crippen LogP contribution < -0.4 is 10.6 Å². The van der Waals surface area contributed by atoms with Gasteiger partial charge in [0.05, 0.1) is 20.5 Å². The molecule has 0 aliphatic carbocycles. The first-order valence-electron chi connectivity index (χ1n) is 10.7. The lowest BCUT2D eigenvalue weighted by Crippen LogP contribution is -2.55. The number of carbonyl (C=O) groups is 4. The van der Waals surface area contributed by atoms with E-state index in [4.69, 9.17) is 23.2 Å². The number of thioether (sulfide) groups is 1. The number of carbonyl (C=O) groups excluding carboxylic acids is 3. The van der Waals surface area contributed by atoms with Crippen molar-refractivity contribution >= 4 is 64.3 Å². The van der Waals surface area contributed by atoms with Gasteiger partial charge in [0.1, 0.15) is 12.1 Å². The number of hydrogen-bond acceptors (Lipinski definition) is 5. The van der Waals surface area contributed by atoms with E-state index in [0.29, 0.717) is 17.0 Å². The van der Waals surface area contributed by atoms with Crippen molar-refractivity contribution in [2.45, 2.75) is 44.1 Å². The van der Waals surface area contributed by atoms with Crippen molar-refractivity contribution in [3.63, 3.8) is 0 Å². The SMILES string of the molecule is CC(=O)N1[C@@H](C(=O)N[C@@H](Cc2ccc(NC(=O)c3c(Cl)cccc3Cl)cc2)C(=O)O)CSC1(C)C. The smallest absolute Gasteiger partial charge is 0.326 e. The van der Waals surface area contributed by atoms with Crippen LogP contribution in [0.2, 0.25) is 10.0 Å². The minimum absolute atomic E-state index is 0.0228. The Labute approximate surface area is 217 Å². The lowest BCUT2D eigenvalue weighted by atomic mass is 10.0. The lowest BCUT2D eigenvalue weighted by molar-refractivity contribution is -0.144. The highest BCUT2D eigenvalue weighted by Gasteiger charge is 2.45. The van der Waals surface area contributed by atoms with E-state index in [1.165, 1.54) is 23.6 Å². The van der Waals surface area contributed by atoms with Crippen molar-refractivity contribution in [3.8, 4) is 0 Å². The highest BCUT2D eigenvalue weighted by Crippen LogP contribution is 2.39. The Morgan fingerprint density at radius 2 is 1.71 bits per heavy atom. The summed E-state index contributed by atoms with van der Waals surface area (Å²) in [5.74, 6) is -2.04. The van der Waals surface area contributed by atoms with Gasteiger partial charge in [0.2, 0.25) is 11.8 Å². The van der Waals surface area contributed by atoms with Gasteiger partial charge in [0, 0.05) is 24.8 Å². The molecule has 11 heteroatoms. The molecule has 3 rings (SSSR count). The molecule has 1 heterocycles. The zero-order valence-corrected chi connectivity index (χ0v) is 21.6. The van der Waals surface area contributed by atoms with Crippen LogP contribution in [0.4, 0.5) is 5.69 Å². The molecule has 3 N–H and O–H groups in total. The number of benzene rings is 2. The predicted molar refractivity (Wildman–Crippen MR) is 137 cm³/mol. The van der Waals surface area contributed by atoms with Gasteiger partial charge < -0.3 is 20.6 Å². The van der Waals surface area contributed by atoms with Gasteiger partial charge in [-0.15, -0.1) is 11.8 Å². The molecule has 0 spiro atoms. The molecule has 186 valence electrons. The summed E-state index contributed by atoms with van der Waals surface area (Å²) in [6, 6.07) is 9.37. The van der Waals surface area contributed by atoms with E-state index in [9.17, 15) is 24.3 Å². The minimum Gasteiger partial charge on any atom is -0.480 e. The molecule has 1 aliphatic heterocycles. The van der Waals surface area contributed by atoms with E-state index >= 15 is 0 Å². The van der Waals surface area contributed by atoms with Crippen molar-refractivity contribution in [2.24, 2.45) is 0 Å². The van der Waals surface area contributed by atoms with Crippen LogP contribution in [0.1, 0.15) is 36.7 Å². The number of nitrogens with one attached hydrogen (secondary N) is 2. The third kappa shape index (κ3) is 6.28. The van der Waals surface area contributed by atoms with Crippen LogP contribution in [0, 0.1) is 0 Å². The van der Waals surface area contributed by atoms with Crippen LogP contribution in [0.15, 0.2) is 42.5 Å². The van der Waals surface area contributed by atoms with Gasteiger partial charge in [-0.3, -0.25) is 14.4 Å². The molecule has 0 aromatic heterocycles. The molecule has 0 saturated carbocycles. The van der Waals surface area contributed by atoms with E-state index in [0.717, 1.165) is 0 Å². The monoisotopic (exact) mass is 537 g/mol. The maximum atomic E-state index is 12.9. The summed E-state index contributed by atoms with van der Waals surface area (Å²) in [4.78, 5) is 50.3. The molecular formula is C24H25Cl2N3O5S. The van der Waals surface area contributed by atoms with Crippen LogP contribution >= 0.6 is 35.0 Å². The van der Waals surface area contributed by atoms with Gasteiger partial charge >= 0.3 is 5.97 Å².